The molecule has 1 aliphatic carbocycles. The molecule has 0 aliphatic heterocycles. The second-order valence-corrected chi connectivity index (χ2v) is 4.19. The van der Waals surface area contributed by atoms with Crippen LogP contribution < -0.4 is 0 Å². The van der Waals surface area contributed by atoms with Crippen LogP contribution in [0.25, 0.3) is 0 Å². The molecule has 1 saturated carbocycles. The van der Waals surface area contributed by atoms with E-state index in [4.69, 9.17) is 0 Å². The fourth-order valence-electron chi connectivity index (χ4n) is 1.68. The van der Waals surface area contributed by atoms with Crippen LogP contribution in [0.5, 0.6) is 0 Å². The Balaban J connectivity index is 2.04. The number of rotatable bonds is 2. The summed E-state index contributed by atoms with van der Waals surface area (Å²) in [7, 11) is 0. The van der Waals surface area contributed by atoms with Crippen LogP contribution in [-0.4, -0.2) is 11.4 Å². The molecule has 0 spiro atoms. The van der Waals surface area contributed by atoms with Gasteiger partial charge in [0.05, 0.1) is 0 Å². The van der Waals surface area contributed by atoms with E-state index < -0.39 is 0 Å². The first-order chi connectivity index (χ1) is 6.33. The molecule has 13 heavy (non-hydrogen) atoms. The van der Waals surface area contributed by atoms with Gasteiger partial charge in [-0.3, -0.25) is 4.79 Å². The van der Waals surface area contributed by atoms with Crippen LogP contribution in [0, 0.1) is 5.92 Å². The first-order valence-corrected chi connectivity index (χ1v) is 5.68. The van der Waals surface area contributed by atoms with Crippen molar-refractivity contribution in [1.82, 2.24) is 0 Å². The molecular weight excluding hydrogens is 180 g/mol. The summed E-state index contributed by atoms with van der Waals surface area (Å²) in [6, 6.07) is 10.3. The molecule has 2 heteroatoms. The molecular formula is C11H12OS. The van der Waals surface area contributed by atoms with E-state index in [1.165, 1.54) is 17.3 Å². The molecule has 1 aliphatic rings. The van der Waals surface area contributed by atoms with E-state index in [-0.39, 0.29) is 5.92 Å². The Hall–Kier alpha value is -0.760. The van der Waals surface area contributed by atoms with Gasteiger partial charge >= 0.3 is 0 Å². The van der Waals surface area contributed by atoms with Gasteiger partial charge in [-0.25, -0.2) is 0 Å². The average Bonchev–Trinajstić information content (AvgIpc) is 2.98. The summed E-state index contributed by atoms with van der Waals surface area (Å²) in [5.74, 6) is 0.790. The quantitative estimate of drug-likeness (QED) is 0.716. The van der Waals surface area contributed by atoms with Crippen molar-refractivity contribution in [2.45, 2.75) is 12.3 Å². The summed E-state index contributed by atoms with van der Waals surface area (Å²) in [5.41, 5.74) is 1.31. The predicted molar refractivity (Wildman–Crippen MR) is 55.8 cm³/mol. The molecule has 1 aromatic rings. The molecule has 68 valence electrons. The van der Waals surface area contributed by atoms with Gasteiger partial charge in [0.1, 0.15) is 0 Å². The number of carbonyl (C=O) groups excluding carboxylic acids is 1. The Morgan fingerprint density at radius 2 is 2.08 bits per heavy atom. The lowest BCUT2D eigenvalue weighted by Crippen LogP contribution is -1.94. The van der Waals surface area contributed by atoms with E-state index >= 15 is 0 Å². The maximum absolute atomic E-state index is 11.3. The zero-order chi connectivity index (χ0) is 9.26. The maximum Gasteiger partial charge on any atom is 0.192 e. The largest absolute Gasteiger partial charge is 0.287 e. The first kappa shape index (κ1) is 8.82. The van der Waals surface area contributed by atoms with Gasteiger partial charge in [-0.1, -0.05) is 42.1 Å². The van der Waals surface area contributed by atoms with Crippen LogP contribution in [0.15, 0.2) is 30.3 Å². The maximum atomic E-state index is 11.3. The number of carbonyl (C=O) groups is 1. The molecule has 0 N–H and O–H groups in total. The molecule has 1 fully saturated rings. The highest BCUT2D eigenvalue weighted by Crippen LogP contribution is 2.49. The van der Waals surface area contributed by atoms with Crippen molar-refractivity contribution in [2.24, 2.45) is 5.92 Å². The standard InChI is InChI=1S/C11H12OS/c1-13-11(12)10-7-9(10)8-5-3-2-4-6-8/h2-6,9-10H,7H2,1H3. The molecule has 0 saturated heterocycles. The molecule has 0 aromatic heterocycles. The van der Waals surface area contributed by atoms with Crippen molar-refractivity contribution in [3.8, 4) is 0 Å². The zero-order valence-electron chi connectivity index (χ0n) is 7.57. The van der Waals surface area contributed by atoms with Crippen LogP contribution in [0.1, 0.15) is 17.9 Å². The summed E-state index contributed by atoms with van der Waals surface area (Å²) in [6.45, 7) is 0. The van der Waals surface area contributed by atoms with Crippen LogP contribution in [0.3, 0.4) is 0 Å². The topological polar surface area (TPSA) is 17.1 Å². The Morgan fingerprint density at radius 1 is 1.38 bits per heavy atom. The molecule has 1 aromatic carbocycles. The van der Waals surface area contributed by atoms with Crippen LogP contribution in [0.2, 0.25) is 0 Å². The van der Waals surface area contributed by atoms with Crippen LogP contribution in [-0.2, 0) is 4.79 Å². The summed E-state index contributed by atoms with van der Waals surface area (Å²) in [4.78, 5) is 11.3. The second kappa shape index (κ2) is 3.54. The first-order valence-electron chi connectivity index (χ1n) is 4.45. The van der Waals surface area contributed by atoms with Crippen LogP contribution >= 0.6 is 11.8 Å². The van der Waals surface area contributed by atoms with E-state index in [0.29, 0.717) is 11.0 Å². The van der Waals surface area contributed by atoms with Gasteiger partial charge in [-0.15, -0.1) is 0 Å². The van der Waals surface area contributed by atoms with Gasteiger partial charge in [0.2, 0.25) is 0 Å². The summed E-state index contributed by atoms with van der Waals surface area (Å²) < 4.78 is 0. The van der Waals surface area contributed by atoms with Crippen molar-refractivity contribution >= 4 is 16.9 Å². The van der Waals surface area contributed by atoms with Crippen molar-refractivity contribution < 1.29 is 4.79 Å². The van der Waals surface area contributed by atoms with Gasteiger partial charge < -0.3 is 0 Å². The Bertz CT molecular complexity index is 307. The smallest absolute Gasteiger partial charge is 0.192 e. The van der Waals surface area contributed by atoms with Crippen LogP contribution in [0.4, 0.5) is 0 Å². The molecule has 0 radical (unpaired) electrons. The summed E-state index contributed by atoms with van der Waals surface area (Å²) in [6.07, 6.45) is 2.91. The van der Waals surface area contributed by atoms with Crippen molar-refractivity contribution in [1.29, 1.82) is 0 Å². The number of hydrogen-bond acceptors (Lipinski definition) is 2. The Kier molecular flexibility index (Phi) is 2.40. The van der Waals surface area contributed by atoms with Gasteiger partial charge in [0, 0.05) is 5.92 Å². The van der Waals surface area contributed by atoms with Crippen molar-refractivity contribution in [3.63, 3.8) is 0 Å². The SMILES string of the molecule is CSC(=O)C1CC1c1ccccc1. The Labute approximate surface area is 82.5 Å². The summed E-state index contributed by atoms with van der Waals surface area (Å²) >= 11 is 1.35. The monoisotopic (exact) mass is 192 g/mol. The fraction of sp³-hybridized carbons (Fsp3) is 0.364. The van der Waals surface area contributed by atoms with Gasteiger partial charge in [-0.2, -0.15) is 0 Å². The lowest BCUT2D eigenvalue weighted by Gasteiger charge is -1.97. The van der Waals surface area contributed by atoms with Gasteiger partial charge in [-0.05, 0) is 24.2 Å². The summed E-state index contributed by atoms with van der Waals surface area (Å²) in [5, 5.41) is 0.342. The number of thioether (sulfide) groups is 1. The van der Waals surface area contributed by atoms with E-state index in [1.54, 1.807) is 0 Å². The highest BCUT2D eigenvalue weighted by atomic mass is 32.2. The molecule has 0 amide bonds. The molecule has 0 bridgehead atoms. The molecule has 2 atom stereocenters. The molecule has 0 heterocycles. The number of hydrogen-bond donors (Lipinski definition) is 0. The molecule has 1 nitrogen and oxygen atoms in total. The highest BCUT2D eigenvalue weighted by molar-refractivity contribution is 8.13. The van der Waals surface area contributed by atoms with Crippen molar-refractivity contribution in [2.75, 3.05) is 6.26 Å². The fourth-order valence-corrected chi connectivity index (χ4v) is 2.24. The van der Waals surface area contributed by atoms with Gasteiger partial charge in [0.25, 0.3) is 0 Å². The highest BCUT2D eigenvalue weighted by Gasteiger charge is 2.43. The third-order valence-corrected chi connectivity index (χ3v) is 3.23. The lowest BCUT2D eigenvalue weighted by molar-refractivity contribution is -0.112. The minimum atomic E-state index is 0.289. The van der Waals surface area contributed by atoms with E-state index in [2.05, 4.69) is 12.1 Å². The second-order valence-electron chi connectivity index (χ2n) is 3.38. The van der Waals surface area contributed by atoms with E-state index in [1.807, 2.05) is 24.5 Å². The third-order valence-electron chi connectivity index (χ3n) is 2.52. The minimum absolute atomic E-state index is 0.289. The van der Waals surface area contributed by atoms with E-state index in [0.717, 1.165) is 6.42 Å². The lowest BCUT2D eigenvalue weighted by atomic mass is 10.1. The average molecular weight is 192 g/mol. The molecule has 2 rings (SSSR count). The Morgan fingerprint density at radius 3 is 2.69 bits per heavy atom. The zero-order valence-corrected chi connectivity index (χ0v) is 8.38. The van der Waals surface area contributed by atoms with E-state index in [9.17, 15) is 4.79 Å². The molecule has 2 unspecified atom stereocenters. The predicted octanol–water partition coefficient (Wildman–Crippen LogP) is 2.68. The minimum Gasteiger partial charge on any atom is -0.287 e. The van der Waals surface area contributed by atoms with Gasteiger partial charge in [0.15, 0.2) is 5.12 Å². The van der Waals surface area contributed by atoms with Crippen molar-refractivity contribution in [3.05, 3.63) is 35.9 Å². The number of benzene rings is 1. The third kappa shape index (κ3) is 1.78. The normalized spacial score (nSPS) is 25.6.